The van der Waals surface area contributed by atoms with Crippen molar-refractivity contribution < 1.29 is 19.1 Å². The first kappa shape index (κ1) is 19.4. The van der Waals surface area contributed by atoms with Crippen LogP contribution in [0.5, 0.6) is 0 Å². The summed E-state index contributed by atoms with van der Waals surface area (Å²) in [7, 11) is 1.57. The van der Waals surface area contributed by atoms with Crippen LogP contribution in [0.4, 0.5) is 0 Å². The maximum atomic E-state index is 12.6. The molecule has 4 rings (SSSR count). The summed E-state index contributed by atoms with van der Waals surface area (Å²) in [5.41, 5.74) is 0.756. The first-order valence-corrected chi connectivity index (χ1v) is 10.5. The van der Waals surface area contributed by atoms with E-state index in [4.69, 9.17) is 9.47 Å². The second kappa shape index (κ2) is 8.62. The van der Waals surface area contributed by atoms with E-state index in [0.717, 1.165) is 57.2 Å². The van der Waals surface area contributed by atoms with E-state index >= 15 is 0 Å². The standard InChI is InChI=1S/C22H30N2O4/c1-27-15-21(25)24-17-7-8-18(24)14-20(13-17)28-19-9-11-23(12-10-19)22(26)16-5-3-2-4-6-16/h2-6,17-20H,7-15H2,1H3/t17-,18+,20?. The minimum absolute atomic E-state index is 0.112. The van der Waals surface area contributed by atoms with Gasteiger partial charge in [-0.1, -0.05) is 18.2 Å². The molecule has 152 valence electrons. The van der Waals surface area contributed by atoms with Crippen LogP contribution < -0.4 is 0 Å². The van der Waals surface area contributed by atoms with Gasteiger partial charge in [0.2, 0.25) is 5.91 Å². The monoisotopic (exact) mass is 386 g/mol. The second-order valence-electron chi connectivity index (χ2n) is 8.21. The van der Waals surface area contributed by atoms with Crippen molar-refractivity contribution in [1.29, 1.82) is 0 Å². The number of nitrogens with zero attached hydrogens (tertiary/aromatic N) is 2. The molecule has 0 spiro atoms. The molecule has 0 radical (unpaired) electrons. The second-order valence-corrected chi connectivity index (χ2v) is 8.21. The van der Waals surface area contributed by atoms with Gasteiger partial charge in [-0.05, 0) is 50.7 Å². The zero-order valence-electron chi connectivity index (χ0n) is 16.6. The maximum Gasteiger partial charge on any atom is 0.253 e. The van der Waals surface area contributed by atoms with E-state index in [2.05, 4.69) is 0 Å². The Morgan fingerprint density at radius 3 is 2.21 bits per heavy atom. The van der Waals surface area contributed by atoms with Gasteiger partial charge in [0, 0.05) is 37.8 Å². The lowest BCUT2D eigenvalue weighted by Crippen LogP contribution is -2.50. The summed E-state index contributed by atoms with van der Waals surface area (Å²) in [5, 5.41) is 0. The Morgan fingerprint density at radius 1 is 0.964 bits per heavy atom. The molecule has 0 N–H and O–H groups in total. The maximum absolute atomic E-state index is 12.6. The van der Waals surface area contributed by atoms with E-state index in [1.54, 1.807) is 7.11 Å². The van der Waals surface area contributed by atoms with Gasteiger partial charge in [-0.2, -0.15) is 0 Å². The van der Waals surface area contributed by atoms with Crippen molar-refractivity contribution in [3.63, 3.8) is 0 Å². The van der Waals surface area contributed by atoms with Gasteiger partial charge in [0.1, 0.15) is 6.61 Å². The van der Waals surface area contributed by atoms with Crippen molar-refractivity contribution in [2.75, 3.05) is 26.8 Å². The molecular formula is C22H30N2O4. The van der Waals surface area contributed by atoms with Crippen molar-refractivity contribution >= 4 is 11.8 Å². The molecule has 6 heteroatoms. The van der Waals surface area contributed by atoms with Crippen LogP contribution in [0.3, 0.4) is 0 Å². The number of carbonyl (C=O) groups excluding carboxylic acids is 2. The number of methoxy groups -OCH3 is 1. The molecule has 1 unspecified atom stereocenters. The molecule has 2 amide bonds. The van der Waals surface area contributed by atoms with Crippen LogP contribution >= 0.6 is 0 Å². The van der Waals surface area contributed by atoms with Crippen molar-refractivity contribution in [2.45, 2.75) is 62.8 Å². The third kappa shape index (κ3) is 4.08. The fourth-order valence-corrected chi connectivity index (χ4v) is 5.07. The minimum atomic E-state index is 0.112. The lowest BCUT2D eigenvalue weighted by Gasteiger charge is -2.41. The Bertz CT molecular complexity index is 673. The number of piperidine rings is 2. The molecule has 3 heterocycles. The molecule has 0 aliphatic carbocycles. The number of fused-ring (bicyclic) bond motifs is 2. The van der Waals surface area contributed by atoms with E-state index in [-0.39, 0.29) is 30.6 Å². The van der Waals surface area contributed by atoms with Gasteiger partial charge in [-0.15, -0.1) is 0 Å². The predicted molar refractivity (Wildman–Crippen MR) is 105 cm³/mol. The highest BCUT2D eigenvalue weighted by Gasteiger charge is 2.44. The van der Waals surface area contributed by atoms with Crippen molar-refractivity contribution in [3.05, 3.63) is 35.9 Å². The summed E-state index contributed by atoms with van der Waals surface area (Å²) in [4.78, 5) is 28.9. The average Bonchev–Trinajstić information content (AvgIpc) is 3.00. The normalized spacial score (nSPS) is 27.8. The van der Waals surface area contributed by atoms with Crippen LogP contribution in [0.25, 0.3) is 0 Å². The molecule has 6 nitrogen and oxygen atoms in total. The minimum Gasteiger partial charge on any atom is -0.375 e. The Hall–Kier alpha value is -1.92. The number of likely N-dealkylation sites (tertiary alicyclic amines) is 1. The first-order valence-electron chi connectivity index (χ1n) is 10.5. The molecule has 1 aromatic carbocycles. The smallest absolute Gasteiger partial charge is 0.253 e. The van der Waals surface area contributed by atoms with Gasteiger partial charge < -0.3 is 19.3 Å². The number of benzene rings is 1. The fourth-order valence-electron chi connectivity index (χ4n) is 5.07. The Labute approximate surface area is 166 Å². The number of ether oxygens (including phenoxy) is 2. The Kier molecular flexibility index (Phi) is 5.97. The highest BCUT2D eigenvalue weighted by molar-refractivity contribution is 5.94. The van der Waals surface area contributed by atoms with E-state index < -0.39 is 0 Å². The van der Waals surface area contributed by atoms with E-state index in [1.165, 1.54) is 0 Å². The lowest BCUT2D eigenvalue weighted by atomic mass is 9.98. The number of hydrogen-bond acceptors (Lipinski definition) is 4. The molecule has 3 atom stereocenters. The highest BCUT2D eigenvalue weighted by atomic mass is 16.5. The molecule has 3 fully saturated rings. The van der Waals surface area contributed by atoms with Gasteiger partial charge in [0.25, 0.3) is 5.91 Å². The summed E-state index contributed by atoms with van der Waals surface area (Å²) in [5.74, 6) is 0.225. The third-order valence-electron chi connectivity index (χ3n) is 6.38. The average molecular weight is 386 g/mol. The molecule has 3 aliphatic heterocycles. The van der Waals surface area contributed by atoms with Gasteiger partial charge in [-0.25, -0.2) is 0 Å². The summed E-state index contributed by atoms with van der Waals surface area (Å²) in [6.07, 6.45) is 6.21. The van der Waals surface area contributed by atoms with Crippen LogP contribution in [0, 0.1) is 0 Å². The van der Waals surface area contributed by atoms with Crippen LogP contribution in [0.2, 0.25) is 0 Å². The molecule has 2 bridgehead atoms. The number of amides is 2. The van der Waals surface area contributed by atoms with Gasteiger partial charge in [0.05, 0.1) is 12.2 Å². The number of hydrogen-bond donors (Lipinski definition) is 0. The topological polar surface area (TPSA) is 59.1 Å². The number of carbonyl (C=O) groups is 2. The van der Waals surface area contributed by atoms with Gasteiger partial charge >= 0.3 is 0 Å². The predicted octanol–water partition coefficient (Wildman–Crippen LogP) is 2.48. The molecule has 1 aromatic rings. The molecule has 3 saturated heterocycles. The third-order valence-corrected chi connectivity index (χ3v) is 6.38. The largest absolute Gasteiger partial charge is 0.375 e. The summed E-state index contributed by atoms with van der Waals surface area (Å²) < 4.78 is 11.5. The Morgan fingerprint density at radius 2 is 1.61 bits per heavy atom. The molecule has 3 aliphatic rings. The van der Waals surface area contributed by atoms with Crippen LogP contribution in [0.1, 0.15) is 48.9 Å². The molecule has 28 heavy (non-hydrogen) atoms. The van der Waals surface area contributed by atoms with Gasteiger partial charge in [-0.3, -0.25) is 9.59 Å². The quantitative estimate of drug-likeness (QED) is 0.780. The first-order chi connectivity index (χ1) is 13.7. The summed E-state index contributed by atoms with van der Waals surface area (Å²) in [6, 6.07) is 10.1. The van der Waals surface area contributed by atoms with Crippen molar-refractivity contribution in [3.8, 4) is 0 Å². The zero-order valence-corrected chi connectivity index (χ0v) is 16.6. The van der Waals surface area contributed by atoms with E-state index in [9.17, 15) is 9.59 Å². The SMILES string of the molecule is COCC(=O)N1[C@@H]2CC[C@H]1CC(OC1CCN(C(=O)c3ccccc3)CC1)C2. The van der Waals surface area contributed by atoms with Crippen molar-refractivity contribution in [1.82, 2.24) is 9.80 Å². The summed E-state index contributed by atoms with van der Waals surface area (Å²) in [6.45, 7) is 1.67. The van der Waals surface area contributed by atoms with E-state index in [0.29, 0.717) is 12.1 Å². The molecule has 0 aromatic heterocycles. The van der Waals surface area contributed by atoms with Crippen LogP contribution in [-0.2, 0) is 14.3 Å². The summed E-state index contributed by atoms with van der Waals surface area (Å²) >= 11 is 0. The molecular weight excluding hydrogens is 356 g/mol. The highest BCUT2D eigenvalue weighted by Crippen LogP contribution is 2.38. The van der Waals surface area contributed by atoms with Crippen LogP contribution in [-0.4, -0.2) is 72.7 Å². The fraction of sp³-hybridized carbons (Fsp3) is 0.636. The van der Waals surface area contributed by atoms with Crippen LogP contribution in [0.15, 0.2) is 30.3 Å². The Balaban J connectivity index is 1.26. The van der Waals surface area contributed by atoms with E-state index in [1.807, 2.05) is 40.1 Å². The molecule has 0 saturated carbocycles. The number of rotatable bonds is 5. The van der Waals surface area contributed by atoms with Gasteiger partial charge in [0.15, 0.2) is 0 Å². The van der Waals surface area contributed by atoms with Crippen molar-refractivity contribution in [2.24, 2.45) is 0 Å². The zero-order chi connectivity index (χ0) is 19.5. The lowest BCUT2D eigenvalue weighted by molar-refractivity contribution is -0.144.